The quantitative estimate of drug-likeness (QED) is 0.491. The van der Waals surface area contributed by atoms with Gasteiger partial charge in [-0.3, -0.25) is 0 Å². The van der Waals surface area contributed by atoms with Gasteiger partial charge in [0.2, 0.25) is 0 Å². The molecule has 0 spiro atoms. The van der Waals surface area contributed by atoms with E-state index in [1.54, 1.807) is 0 Å². The predicted octanol–water partition coefficient (Wildman–Crippen LogP) is 2.83. The second-order valence-electron chi connectivity index (χ2n) is 2.26. The molecular formula is C9H12. The Morgan fingerprint density at radius 3 is 3.11 bits per heavy atom. The number of rotatable bonds is 2. The maximum absolute atomic E-state index is 3.22. The lowest BCUT2D eigenvalue weighted by Crippen LogP contribution is -1.77. The Hall–Kier alpha value is -0.740. The molecule has 1 aliphatic rings. The highest BCUT2D eigenvalue weighted by atomic mass is 13.9. The molecule has 1 aliphatic carbocycles. The van der Waals surface area contributed by atoms with Gasteiger partial charge < -0.3 is 0 Å². The Morgan fingerprint density at radius 2 is 2.56 bits per heavy atom. The topological polar surface area (TPSA) is 0 Å². The van der Waals surface area contributed by atoms with Crippen LogP contribution in [0.3, 0.4) is 0 Å². The molecule has 0 saturated carbocycles. The lowest BCUT2D eigenvalue weighted by molar-refractivity contribution is 0.924. The summed E-state index contributed by atoms with van der Waals surface area (Å²) in [5.74, 6) is 0. The molecule has 0 aromatic carbocycles. The zero-order valence-corrected chi connectivity index (χ0v) is 5.85. The molecule has 0 fully saturated rings. The van der Waals surface area contributed by atoms with E-state index in [-0.39, 0.29) is 0 Å². The molecular weight excluding hydrogens is 108 g/mol. The summed E-state index contributed by atoms with van der Waals surface area (Å²) in [6.07, 6.45) is 9.90. The van der Waals surface area contributed by atoms with Crippen LogP contribution in [0.25, 0.3) is 0 Å². The minimum absolute atomic E-state index is 1.06. The van der Waals surface area contributed by atoms with Crippen molar-refractivity contribution in [3.05, 3.63) is 29.5 Å². The molecule has 0 heterocycles. The average Bonchev–Trinajstić information content (AvgIpc) is 1.91. The lowest BCUT2D eigenvalue weighted by atomic mass is 10.1. The third kappa shape index (κ3) is 1.91. The van der Waals surface area contributed by atoms with Crippen molar-refractivity contribution in [3.63, 3.8) is 0 Å². The van der Waals surface area contributed by atoms with E-state index >= 15 is 0 Å². The fourth-order valence-corrected chi connectivity index (χ4v) is 0.941. The Labute approximate surface area is 56.6 Å². The van der Waals surface area contributed by atoms with E-state index in [2.05, 4.69) is 30.9 Å². The van der Waals surface area contributed by atoms with E-state index < -0.39 is 0 Å². The van der Waals surface area contributed by atoms with Crippen molar-refractivity contribution in [3.8, 4) is 0 Å². The van der Waals surface area contributed by atoms with Gasteiger partial charge >= 0.3 is 0 Å². The number of allylic oxidation sites excluding steroid dienone is 3. The summed E-state index contributed by atoms with van der Waals surface area (Å²) in [7, 11) is 0. The van der Waals surface area contributed by atoms with Crippen LogP contribution in [0.15, 0.2) is 29.5 Å². The SMILES string of the molecule is CCCC1=C=CCC=C1. The molecule has 0 atom stereocenters. The van der Waals surface area contributed by atoms with Gasteiger partial charge in [0.15, 0.2) is 0 Å². The maximum Gasteiger partial charge on any atom is -0.00667 e. The zero-order chi connectivity index (χ0) is 6.53. The fourth-order valence-electron chi connectivity index (χ4n) is 0.941. The smallest absolute Gasteiger partial charge is 0.00667 e. The van der Waals surface area contributed by atoms with Crippen molar-refractivity contribution in [2.24, 2.45) is 0 Å². The Kier molecular flexibility index (Phi) is 2.35. The van der Waals surface area contributed by atoms with Crippen molar-refractivity contribution >= 4 is 0 Å². The lowest BCUT2D eigenvalue weighted by Gasteiger charge is -1.96. The molecule has 0 saturated heterocycles. The molecule has 0 bridgehead atoms. The van der Waals surface area contributed by atoms with Gasteiger partial charge in [-0.25, -0.2) is 0 Å². The average molecular weight is 120 g/mol. The monoisotopic (exact) mass is 120 g/mol. The highest BCUT2D eigenvalue weighted by molar-refractivity contribution is 5.22. The van der Waals surface area contributed by atoms with E-state index in [4.69, 9.17) is 0 Å². The van der Waals surface area contributed by atoms with Gasteiger partial charge in [0.05, 0.1) is 0 Å². The van der Waals surface area contributed by atoms with Crippen molar-refractivity contribution in [1.82, 2.24) is 0 Å². The Bertz CT molecular complexity index is 166. The van der Waals surface area contributed by atoms with Gasteiger partial charge in [-0.15, -0.1) is 5.73 Å². The largest absolute Gasteiger partial charge is 0.121 e. The highest BCUT2D eigenvalue weighted by Crippen LogP contribution is 2.08. The molecule has 0 radical (unpaired) electrons. The van der Waals surface area contributed by atoms with Crippen molar-refractivity contribution < 1.29 is 0 Å². The minimum Gasteiger partial charge on any atom is -0.121 e. The standard InChI is InChI=1S/C9H12/c1-2-6-9-7-4-3-5-8-9/h4-5,7H,2-3,6H2,1H3. The summed E-state index contributed by atoms with van der Waals surface area (Å²) in [5, 5.41) is 0. The molecule has 0 N–H and O–H groups in total. The van der Waals surface area contributed by atoms with Crippen molar-refractivity contribution in [2.75, 3.05) is 0 Å². The van der Waals surface area contributed by atoms with Gasteiger partial charge in [-0.2, -0.15) is 0 Å². The maximum atomic E-state index is 3.22. The number of hydrogen-bond acceptors (Lipinski definition) is 0. The van der Waals surface area contributed by atoms with Crippen LogP contribution in [-0.4, -0.2) is 0 Å². The molecule has 0 aromatic rings. The first-order valence-corrected chi connectivity index (χ1v) is 3.54. The molecule has 1 rings (SSSR count). The van der Waals surface area contributed by atoms with Gasteiger partial charge in [-0.05, 0) is 24.5 Å². The third-order valence-electron chi connectivity index (χ3n) is 1.38. The number of hydrogen-bond donors (Lipinski definition) is 0. The van der Waals surface area contributed by atoms with Crippen LogP contribution >= 0.6 is 0 Å². The first kappa shape index (κ1) is 6.38. The van der Waals surface area contributed by atoms with Crippen LogP contribution < -0.4 is 0 Å². The Balaban J connectivity index is 2.57. The van der Waals surface area contributed by atoms with E-state index in [0.29, 0.717) is 0 Å². The van der Waals surface area contributed by atoms with Crippen LogP contribution in [0.4, 0.5) is 0 Å². The van der Waals surface area contributed by atoms with Gasteiger partial charge in [0.1, 0.15) is 0 Å². The zero-order valence-electron chi connectivity index (χ0n) is 5.85. The summed E-state index contributed by atoms with van der Waals surface area (Å²) in [4.78, 5) is 0. The van der Waals surface area contributed by atoms with E-state index in [0.717, 1.165) is 6.42 Å². The summed E-state index contributed by atoms with van der Waals surface area (Å²) < 4.78 is 0. The first-order chi connectivity index (χ1) is 4.43. The molecule has 0 aromatic heterocycles. The van der Waals surface area contributed by atoms with E-state index in [1.807, 2.05) is 0 Å². The summed E-state index contributed by atoms with van der Waals surface area (Å²) in [6.45, 7) is 2.19. The minimum atomic E-state index is 1.06. The third-order valence-corrected chi connectivity index (χ3v) is 1.38. The summed E-state index contributed by atoms with van der Waals surface area (Å²) in [6, 6.07) is 0. The van der Waals surface area contributed by atoms with Crippen molar-refractivity contribution in [1.29, 1.82) is 0 Å². The van der Waals surface area contributed by atoms with Crippen molar-refractivity contribution in [2.45, 2.75) is 26.2 Å². The van der Waals surface area contributed by atoms with E-state index in [9.17, 15) is 0 Å². The molecule has 9 heavy (non-hydrogen) atoms. The highest BCUT2D eigenvalue weighted by Gasteiger charge is 1.89. The summed E-state index contributed by atoms with van der Waals surface area (Å²) in [5.41, 5.74) is 4.58. The normalized spacial score (nSPS) is 15.9. The van der Waals surface area contributed by atoms with Crippen LogP contribution in [0.5, 0.6) is 0 Å². The molecule has 48 valence electrons. The molecule has 0 aliphatic heterocycles. The van der Waals surface area contributed by atoms with Gasteiger partial charge in [0, 0.05) is 0 Å². The van der Waals surface area contributed by atoms with E-state index in [1.165, 1.54) is 18.4 Å². The predicted molar refractivity (Wildman–Crippen MR) is 40.3 cm³/mol. The molecule has 0 amide bonds. The molecule has 0 heteroatoms. The van der Waals surface area contributed by atoms with Gasteiger partial charge in [-0.1, -0.05) is 25.5 Å². The van der Waals surface area contributed by atoms with Crippen LogP contribution in [-0.2, 0) is 0 Å². The summed E-state index contributed by atoms with van der Waals surface area (Å²) >= 11 is 0. The second-order valence-corrected chi connectivity index (χ2v) is 2.26. The fraction of sp³-hybridized carbons (Fsp3) is 0.444. The molecule has 0 nitrogen and oxygen atoms in total. The Morgan fingerprint density at radius 1 is 1.67 bits per heavy atom. The van der Waals surface area contributed by atoms with Crippen LogP contribution in [0.2, 0.25) is 0 Å². The molecule has 0 unspecified atom stereocenters. The van der Waals surface area contributed by atoms with Crippen LogP contribution in [0, 0.1) is 0 Å². The first-order valence-electron chi connectivity index (χ1n) is 3.54. The second kappa shape index (κ2) is 3.32. The van der Waals surface area contributed by atoms with Gasteiger partial charge in [0.25, 0.3) is 0 Å². The van der Waals surface area contributed by atoms with Crippen LogP contribution in [0.1, 0.15) is 26.2 Å².